The molecule has 33 heavy (non-hydrogen) atoms. The number of carbonyl (C=O) groups is 1. The Balaban J connectivity index is 1.66. The maximum atomic E-state index is 14.0. The third-order valence-electron chi connectivity index (χ3n) is 4.96. The predicted octanol–water partition coefficient (Wildman–Crippen LogP) is 4.35. The van der Waals surface area contributed by atoms with Gasteiger partial charge in [-0.25, -0.2) is 17.2 Å². The lowest BCUT2D eigenvalue weighted by Crippen LogP contribution is -2.28. The van der Waals surface area contributed by atoms with Gasteiger partial charge in [-0.15, -0.1) is 0 Å². The second-order valence-electron chi connectivity index (χ2n) is 7.44. The fourth-order valence-corrected chi connectivity index (χ4v) is 5.15. The topological polar surface area (TPSA) is 92.3 Å². The van der Waals surface area contributed by atoms with E-state index >= 15 is 0 Å². The number of amides is 1. The van der Waals surface area contributed by atoms with Gasteiger partial charge in [-0.05, 0) is 42.8 Å². The Labute approximate surface area is 193 Å². The van der Waals surface area contributed by atoms with Gasteiger partial charge < -0.3 is 4.90 Å². The second kappa shape index (κ2) is 8.83. The number of fused-ring (bicyclic) bond motifs is 1. The molecule has 0 atom stereocenters. The van der Waals surface area contributed by atoms with E-state index in [1.165, 1.54) is 36.2 Å². The lowest BCUT2D eigenvalue weighted by molar-refractivity contribution is 0.0785. The lowest BCUT2D eigenvalue weighted by Gasteiger charge is -2.20. The van der Waals surface area contributed by atoms with Crippen LogP contribution in [0.15, 0.2) is 59.5 Å². The molecule has 0 saturated heterocycles. The van der Waals surface area contributed by atoms with Crippen LogP contribution in [0.25, 0.3) is 11.0 Å². The highest BCUT2D eigenvalue weighted by molar-refractivity contribution is 7.93. The first kappa shape index (κ1) is 22.7. The standard InChI is InChI=1S/C22H18F2N4O3S2/c1-13-6-9-16(22(29)28(2)12-14-7-8-15(23)11-17(14)24)19(10-13)27-33(30,31)20-5-3-4-18-21(20)26-32-25-18/h3-11,27H,12H2,1-2H3. The first-order chi connectivity index (χ1) is 15.7. The molecule has 0 saturated carbocycles. The molecule has 0 bridgehead atoms. The number of nitrogens with zero attached hydrogens (tertiary/aromatic N) is 3. The van der Waals surface area contributed by atoms with Crippen LogP contribution in [0, 0.1) is 18.6 Å². The van der Waals surface area contributed by atoms with Crippen molar-refractivity contribution in [3.63, 3.8) is 0 Å². The van der Waals surface area contributed by atoms with Crippen LogP contribution in [0.2, 0.25) is 0 Å². The van der Waals surface area contributed by atoms with Gasteiger partial charge >= 0.3 is 0 Å². The monoisotopic (exact) mass is 488 g/mol. The summed E-state index contributed by atoms with van der Waals surface area (Å²) in [5.74, 6) is -2.03. The molecular formula is C22H18F2N4O3S2. The number of sulfonamides is 1. The summed E-state index contributed by atoms with van der Waals surface area (Å²) >= 11 is 0.900. The number of aromatic nitrogens is 2. The number of aryl methyl sites for hydroxylation is 1. The van der Waals surface area contributed by atoms with E-state index in [-0.39, 0.29) is 33.8 Å². The fourth-order valence-electron chi connectivity index (χ4n) is 3.31. The van der Waals surface area contributed by atoms with Crippen LogP contribution in [-0.4, -0.2) is 35.0 Å². The third kappa shape index (κ3) is 4.69. The van der Waals surface area contributed by atoms with Crippen LogP contribution < -0.4 is 4.72 Å². The Hall–Kier alpha value is -3.44. The zero-order chi connectivity index (χ0) is 23.8. The van der Waals surface area contributed by atoms with Crippen LogP contribution >= 0.6 is 11.7 Å². The van der Waals surface area contributed by atoms with Crippen molar-refractivity contribution in [2.24, 2.45) is 0 Å². The van der Waals surface area contributed by atoms with E-state index in [9.17, 15) is 22.0 Å². The number of rotatable bonds is 6. The van der Waals surface area contributed by atoms with E-state index in [0.717, 1.165) is 29.4 Å². The molecule has 7 nitrogen and oxygen atoms in total. The van der Waals surface area contributed by atoms with Crippen molar-refractivity contribution in [1.82, 2.24) is 13.6 Å². The van der Waals surface area contributed by atoms with Crippen LogP contribution in [0.3, 0.4) is 0 Å². The minimum Gasteiger partial charge on any atom is -0.337 e. The zero-order valence-electron chi connectivity index (χ0n) is 17.5. The molecule has 1 amide bonds. The smallest absolute Gasteiger partial charge is 0.264 e. The first-order valence-corrected chi connectivity index (χ1v) is 11.9. The van der Waals surface area contributed by atoms with Crippen LogP contribution in [0.4, 0.5) is 14.5 Å². The van der Waals surface area contributed by atoms with Gasteiger partial charge in [0.1, 0.15) is 27.6 Å². The van der Waals surface area contributed by atoms with E-state index in [4.69, 9.17) is 0 Å². The molecule has 0 aliphatic carbocycles. The van der Waals surface area contributed by atoms with Crippen LogP contribution in [-0.2, 0) is 16.6 Å². The van der Waals surface area contributed by atoms with E-state index in [0.29, 0.717) is 5.52 Å². The van der Waals surface area contributed by atoms with Crippen molar-refractivity contribution < 1.29 is 22.0 Å². The molecule has 1 heterocycles. The van der Waals surface area contributed by atoms with Crippen molar-refractivity contribution in [2.75, 3.05) is 11.8 Å². The van der Waals surface area contributed by atoms with E-state index < -0.39 is 27.6 Å². The Morgan fingerprint density at radius 1 is 1.09 bits per heavy atom. The third-order valence-corrected chi connectivity index (χ3v) is 6.90. The summed E-state index contributed by atoms with van der Waals surface area (Å²) in [6.45, 7) is 1.63. The Morgan fingerprint density at radius 2 is 1.88 bits per heavy atom. The summed E-state index contributed by atoms with van der Waals surface area (Å²) in [6.07, 6.45) is 0. The van der Waals surface area contributed by atoms with Crippen LogP contribution in [0.5, 0.6) is 0 Å². The first-order valence-electron chi connectivity index (χ1n) is 9.70. The largest absolute Gasteiger partial charge is 0.337 e. The molecule has 1 aromatic heterocycles. The molecule has 170 valence electrons. The highest BCUT2D eigenvalue weighted by Gasteiger charge is 2.24. The SMILES string of the molecule is Cc1ccc(C(=O)N(C)Cc2ccc(F)cc2F)c(NS(=O)(=O)c2cccc3nsnc23)c1. The van der Waals surface area contributed by atoms with Gasteiger partial charge in [-0.3, -0.25) is 9.52 Å². The Kier molecular flexibility index (Phi) is 6.09. The van der Waals surface area contributed by atoms with Gasteiger partial charge in [0, 0.05) is 25.2 Å². The van der Waals surface area contributed by atoms with E-state index in [2.05, 4.69) is 13.5 Å². The molecular weight excluding hydrogens is 470 g/mol. The summed E-state index contributed by atoms with van der Waals surface area (Å²) in [5.41, 5.74) is 1.70. The van der Waals surface area contributed by atoms with Crippen LogP contribution in [0.1, 0.15) is 21.5 Å². The van der Waals surface area contributed by atoms with Crippen molar-refractivity contribution in [3.8, 4) is 0 Å². The highest BCUT2D eigenvalue weighted by Crippen LogP contribution is 2.27. The van der Waals surface area contributed by atoms with Crippen molar-refractivity contribution in [1.29, 1.82) is 0 Å². The minimum atomic E-state index is -4.10. The Bertz CT molecular complexity index is 1470. The lowest BCUT2D eigenvalue weighted by atomic mass is 10.1. The molecule has 11 heteroatoms. The van der Waals surface area contributed by atoms with Gasteiger partial charge in [0.2, 0.25) is 0 Å². The van der Waals surface area contributed by atoms with Gasteiger partial charge in [-0.1, -0.05) is 18.2 Å². The quantitative estimate of drug-likeness (QED) is 0.436. The van der Waals surface area contributed by atoms with Crippen molar-refractivity contribution in [3.05, 3.63) is 82.9 Å². The number of hydrogen-bond donors (Lipinski definition) is 1. The fraction of sp³-hybridized carbons (Fsp3) is 0.136. The van der Waals surface area contributed by atoms with Gasteiger partial charge in [0.15, 0.2) is 0 Å². The molecule has 0 unspecified atom stereocenters. The minimum absolute atomic E-state index is 0.0598. The van der Waals surface area contributed by atoms with Crippen molar-refractivity contribution >= 4 is 44.4 Å². The molecule has 4 rings (SSSR count). The summed E-state index contributed by atoms with van der Waals surface area (Å²) in [6, 6.07) is 12.4. The normalized spacial score (nSPS) is 11.5. The summed E-state index contributed by atoms with van der Waals surface area (Å²) < 4.78 is 64.1. The zero-order valence-corrected chi connectivity index (χ0v) is 19.2. The second-order valence-corrected chi connectivity index (χ2v) is 9.62. The number of carbonyl (C=O) groups excluding carboxylic acids is 1. The Morgan fingerprint density at radius 3 is 2.64 bits per heavy atom. The average Bonchev–Trinajstić information content (AvgIpc) is 3.24. The predicted molar refractivity (Wildman–Crippen MR) is 122 cm³/mol. The summed E-state index contributed by atoms with van der Waals surface area (Å²) in [4.78, 5) is 14.3. The molecule has 3 aromatic carbocycles. The maximum absolute atomic E-state index is 14.0. The number of anilines is 1. The number of nitrogens with one attached hydrogen (secondary N) is 1. The molecule has 0 radical (unpaired) electrons. The average molecular weight is 489 g/mol. The summed E-state index contributed by atoms with van der Waals surface area (Å²) in [7, 11) is -2.65. The van der Waals surface area contributed by atoms with E-state index in [1.807, 2.05) is 0 Å². The number of benzene rings is 3. The number of halogens is 2. The van der Waals surface area contributed by atoms with Gasteiger partial charge in [0.05, 0.1) is 23.0 Å². The molecule has 4 aromatic rings. The molecule has 0 fully saturated rings. The van der Waals surface area contributed by atoms with Gasteiger partial charge in [0.25, 0.3) is 15.9 Å². The van der Waals surface area contributed by atoms with Gasteiger partial charge in [-0.2, -0.15) is 8.75 Å². The summed E-state index contributed by atoms with van der Waals surface area (Å²) in [5, 5.41) is 0. The molecule has 0 spiro atoms. The van der Waals surface area contributed by atoms with E-state index in [1.54, 1.807) is 25.1 Å². The van der Waals surface area contributed by atoms with Crippen molar-refractivity contribution in [2.45, 2.75) is 18.4 Å². The molecule has 0 aliphatic rings. The highest BCUT2D eigenvalue weighted by atomic mass is 32.2. The molecule has 1 N–H and O–H groups in total. The maximum Gasteiger partial charge on any atom is 0.264 e. The number of hydrogen-bond acceptors (Lipinski definition) is 6. The molecule has 0 aliphatic heterocycles.